The summed E-state index contributed by atoms with van der Waals surface area (Å²) in [5.41, 5.74) is 0. The van der Waals surface area contributed by atoms with Gasteiger partial charge in [0.1, 0.15) is 0 Å². The first kappa shape index (κ1) is 11.9. The number of carboxylic acids is 1. The van der Waals surface area contributed by atoms with Gasteiger partial charge in [-0.25, -0.2) is 0 Å². The summed E-state index contributed by atoms with van der Waals surface area (Å²) in [4.78, 5) is 13.4. The molecule has 0 amide bonds. The molecule has 0 spiro atoms. The van der Waals surface area contributed by atoms with Crippen LogP contribution in [0.25, 0.3) is 0 Å². The number of aliphatic carboxylic acids is 1. The Morgan fingerprint density at radius 2 is 2.19 bits per heavy atom. The van der Waals surface area contributed by atoms with Crippen molar-refractivity contribution in [2.24, 2.45) is 5.92 Å². The first-order valence-electron chi connectivity index (χ1n) is 6.21. The number of nitrogens with zero attached hydrogens (tertiary/aromatic N) is 1. The van der Waals surface area contributed by atoms with Gasteiger partial charge in [0, 0.05) is 18.6 Å². The number of rotatable bonds is 3. The van der Waals surface area contributed by atoms with Crippen LogP contribution in [-0.4, -0.2) is 47.3 Å². The molecule has 4 nitrogen and oxygen atoms in total. The molecule has 1 heterocycles. The van der Waals surface area contributed by atoms with Crippen molar-refractivity contribution < 1.29 is 14.6 Å². The maximum Gasteiger partial charge on any atom is 0.307 e. The van der Waals surface area contributed by atoms with Gasteiger partial charge in [0.15, 0.2) is 0 Å². The maximum absolute atomic E-state index is 11.0. The monoisotopic (exact) mass is 227 g/mol. The first-order chi connectivity index (χ1) is 7.61. The van der Waals surface area contributed by atoms with E-state index in [0.29, 0.717) is 12.1 Å². The molecule has 2 aliphatic rings. The SMILES string of the molecule is CC(C(=O)O)C(C)N1CCOC2CCCC21. The lowest BCUT2D eigenvalue weighted by atomic mass is 9.98. The van der Waals surface area contributed by atoms with Crippen molar-refractivity contribution in [3.05, 3.63) is 0 Å². The molecule has 16 heavy (non-hydrogen) atoms. The van der Waals surface area contributed by atoms with Gasteiger partial charge in [-0.2, -0.15) is 0 Å². The molecule has 4 unspecified atom stereocenters. The number of fused-ring (bicyclic) bond motifs is 1. The molecule has 1 saturated heterocycles. The number of hydrogen-bond acceptors (Lipinski definition) is 3. The Balaban J connectivity index is 2.04. The minimum atomic E-state index is -0.700. The van der Waals surface area contributed by atoms with Crippen molar-refractivity contribution in [2.45, 2.75) is 51.3 Å². The molecule has 2 fully saturated rings. The van der Waals surface area contributed by atoms with Crippen LogP contribution in [0.4, 0.5) is 0 Å². The third-order valence-electron chi connectivity index (χ3n) is 4.16. The maximum atomic E-state index is 11.0. The number of hydrogen-bond donors (Lipinski definition) is 1. The number of carbonyl (C=O) groups is 1. The number of carboxylic acid groups (broad SMARTS) is 1. The molecular formula is C12H21NO3. The second-order valence-corrected chi connectivity index (χ2v) is 5.01. The van der Waals surface area contributed by atoms with Crippen LogP contribution in [0.2, 0.25) is 0 Å². The molecule has 1 aliphatic heterocycles. The Bertz CT molecular complexity index is 269. The largest absolute Gasteiger partial charge is 0.481 e. The summed E-state index contributed by atoms with van der Waals surface area (Å²) in [6, 6.07) is 0.553. The zero-order valence-corrected chi connectivity index (χ0v) is 10.1. The van der Waals surface area contributed by atoms with Gasteiger partial charge >= 0.3 is 5.97 Å². The Morgan fingerprint density at radius 3 is 2.88 bits per heavy atom. The van der Waals surface area contributed by atoms with Gasteiger partial charge in [-0.05, 0) is 26.2 Å². The first-order valence-corrected chi connectivity index (χ1v) is 6.21. The van der Waals surface area contributed by atoms with Crippen molar-refractivity contribution in [3.8, 4) is 0 Å². The van der Waals surface area contributed by atoms with Crippen LogP contribution in [0.3, 0.4) is 0 Å². The van der Waals surface area contributed by atoms with Gasteiger partial charge < -0.3 is 9.84 Å². The highest BCUT2D eigenvalue weighted by Gasteiger charge is 2.40. The van der Waals surface area contributed by atoms with E-state index >= 15 is 0 Å². The number of morpholine rings is 1. The molecule has 4 heteroatoms. The van der Waals surface area contributed by atoms with E-state index in [0.717, 1.165) is 26.0 Å². The molecule has 92 valence electrons. The molecule has 0 aromatic rings. The number of ether oxygens (including phenoxy) is 1. The summed E-state index contributed by atoms with van der Waals surface area (Å²) in [5, 5.41) is 9.07. The van der Waals surface area contributed by atoms with Crippen LogP contribution in [0.15, 0.2) is 0 Å². The predicted molar refractivity (Wildman–Crippen MR) is 60.3 cm³/mol. The lowest BCUT2D eigenvalue weighted by Gasteiger charge is -2.42. The Kier molecular flexibility index (Phi) is 3.50. The smallest absolute Gasteiger partial charge is 0.307 e. The molecule has 4 atom stereocenters. The average Bonchev–Trinajstić information content (AvgIpc) is 2.74. The third kappa shape index (κ3) is 2.09. The lowest BCUT2D eigenvalue weighted by molar-refractivity contribution is -0.146. The van der Waals surface area contributed by atoms with Crippen molar-refractivity contribution in [3.63, 3.8) is 0 Å². The Morgan fingerprint density at radius 1 is 1.44 bits per heavy atom. The summed E-state index contributed by atoms with van der Waals surface area (Å²) in [6.45, 7) is 5.45. The molecule has 1 aliphatic carbocycles. The highest BCUT2D eigenvalue weighted by molar-refractivity contribution is 5.70. The molecular weight excluding hydrogens is 206 g/mol. The van der Waals surface area contributed by atoms with Crippen molar-refractivity contribution in [2.75, 3.05) is 13.2 Å². The Labute approximate surface area is 96.6 Å². The molecule has 1 N–H and O–H groups in total. The van der Waals surface area contributed by atoms with Crippen molar-refractivity contribution in [1.29, 1.82) is 0 Å². The van der Waals surface area contributed by atoms with E-state index in [1.807, 2.05) is 6.92 Å². The van der Waals surface area contributed by atoms with E-state index in [1.165, 1.54) is 6.42 Å². The average molecular weight is 227 g/mol. The van der Waals surface area contributed by atoms with Crippen molar-refractivity contribution >= 4 is 5.97 Å². The summed E-state index contributed by atoms with van der Waals surface area (Å²) in [7, 11) is 0. The highest BCUT2D eigenvalue weighted by atomic mass is 16.5. The fraction of sp³-hybridized carbons (Fsp3) is 0.917. The zero-order valence-electron chi connectivity index (χ0n) is 10.1. The molecule has 0 bridgehead atoms. The molecule has 0 aromatic heterocycles. The van der Waals surface area contributed by atoms with Crippen LogP contribution >= 0.6 is 0 Å². The lowest BCUT2D eigenvalue weighted by Crippen LogP contribution is -2.54. The van der Waals surface area contributed by atoms with Crippen LogP contribution < -0.4 is 0 Å². The van der Waals surface area contributed by atoms with E-state index in [2.05, 4.69) is 4.90 Å². The summed E-state index contributed by atoms with van der Waals surface area (Å²) in [5.74, 6) is -1.01. The van der Waals surface area contributed by atoms with E-state index in [9.17, 15) is 4.79 Å². The van der Waals surface area contributed by atoms with Gasteiger partial charge in [0.05, 0.1) is 18.6 Å². The normalized spacial score (nSPS) is 34.4. The van der Waals surface area contributed by atoms with E-state index in [1.54, 1.807) is 6.92 Å². The van der Waals surface area contributed by atoms with E-state index in [4.69, 9.17) is 9.84 Å². The van der Waals surface area contributed by atoms with Crippen LogP contribution in [-0.2, 0) is 9.53 Å². The molecule has 0 aromatic carbocycles. The molecule has 2 rings (SSSR count). The summed E-state index contributed by atoms with van der Waals surface area (Å²) < 4.78 is 5.73. The highest BCUT2D eigenvalue weighted by Crippen LogP contribution is 2.32. The van der Waals surface area contributed by atoms with Crippen LogP contribution in [0.5, 0.6) is 0 Å². The minimum absolute atomic E-state index is 0.104. The van der Waals surface area contributed by atoms with Gasteiger partial charge in [-0.1, -0.05) is 6.92 Å². The van der Waals surface area contributed by atoms with Gasteiger partial charge in [0.2, 0.25) is 0 Å². The second-order valence-electron chi connectivity index (χ2n) is 5.01. The topological polar surface area (TPSA) is 49.8 Å². The summed E-state index contributed by atoms with van der Waals surface area (Å²) in [6.07, 6.45) is 3.84. The van der Waals surface area contributed by atoms with Crippen LogP contribution in [0.1, 0.15) is 33.1 Å². The van der Waals surface area contributed by atoms with Gasteiger partial charge in [-0.15, -0.1) is 0 Å². The van der Waals surface area contributed by atoms with Gasteiger partial charge in [0.25, 0.3) is 0 Å². The minimum Gasteiger partial charge on any atom is -0.481 e. The zero-order chi connectivity index (χ0) is 11.7. The molecule has 0 radical (unpaired) electrons. The fourth-order valence-corrected chi connectivity index (χ4v) is 2.95. The Hall–Kier alpha value is -0.610. The quantitative estimate of drug-likeness (QED) is 0.790. The standard InChI is InChI=1S/C12H21NO3/c1-8(12(14)15)9(2)13-6-7-16-11-5-3-4-10(11)13/h8-11H,3-7H2,1-2H3,(H,14,15). The fourth-order valence-electron chi connectivity index (χ4n) is 2.95. The molecule has 1 saturated carbocycles. The third-order valence-corrected chi connectivity index (χ3v) is 4.16. The van der Waals surface area contributed by atoms with E-state index in [-0.39, 0.29) is 12.0 Å². The van der Waals surface area contributed by atoms with E-state index < -0.39 is 5.97 Å². The predicted octanol–water partition coefficient (Wildman–Crippen LogP) is 1.35. The van der Waals surface area contributed by atoms with Crippen molar-refractivity contribution in [1.82, 2.24) is 4.90 Å². The van der Waals surface area contributed by atoms with Gasteiger partial charge in [-0.3, -0.25) is 9.69 Å². The van der Waals surface area contributed by atoms with Crippen LogP contribution in [0, 0.1) is 5.92 Å². The summed E-state index contributed by atoms with van der Waals surface area (Å²) >= 11 is 0. The second kappa shape index (κ2) is 4.72.